The first-order chi connectivity index (χ1) is 6.07. The van der Waals surface area contributed by atoms with Crippen molar-refractivity contribution in [3.63, 3.8) is 0 Å². The monoisotopic (exact) mass is 263 g/mol. The van der Waals surface area contributed by atoms with E-state index in [9.17, 15) is 10.1 Å². The van der Waals surface area contributed by atoms with Gasteiger partial charge in [0.2, 0.25) is 0 Å². The van der Waals surface area contributed by atoms with Crippen molar-refractivity contribution in [1.29, 1.82) is 0 Å². The molecule has 0 aromatic heterocycles. The molecule has 1 rings (SSSR count). The van der Waals surface area contributed by atoms with Crippen LogP contribution < -0.4 is 0 Å². The minimum atomic E-state index is -0.405. The largest absolute Gasteiger partial charge is 0.272 e. The second kappa shape index (κ2) is 4.07. The number of rotatable bonds is 2. The molecule has 0 N–H and O–H groups in total. The Balaban J connectivity index is 3.35. The highest BCUT2D eigenvalue weighted by molar-refractivity contribution is 9.08. The van der Waals surface area contributed by atoms with Gasteiger partial charge in [-0.15, -0.1) is 0 Å². The highest BCUT2D eigenvalue weighted by Crippen LogP contribution is 2.29. The normalized spacial score (nSPS) is 10.1. The predicted molar refractivity (Wildman–Crippen MR) is 55.5 cm³/mol. The van der Waals surface area contributed by atoms with Crippen LogP contribution in [0, 0.1) is 17.0 Å². The van der Waals surface area contributed by atoms with Gasteiger partial charge in [0.15, 0.2) is 0 Å². The summed E-state index contributed by atoms with van der Waals surface area (Å²) in [4.78, 5) is 10.1. The van der Waals surface area contributed by atoms with E-state index in [1.54, 1.807) is 13.0 Å². The van der Waals surface area contributed by atoms with E-state index >= 15 is 0 Å². The van der Waals surface area contributed by atoms with Gasteiger partial charge < -0.3 is 0 Å². The Morgan fingerprint density at radius 1 is 1.62 bits per heavy atom. The maximum atomic E-state index is 10.5. The van der Waals surface area contributed by atoms with Crippen molar-refractivity contribution in [1.82, 2.24) is 0 Å². The molecule has 0 spiro atoms. The van der Waals surface area contributed by atoms with Gasteiger partial charge in [0, 0.05) is 22.0 Å². The van der Waals surface area contributed by atoms with Crippen LogP contribution in [0.25, 0.3) is 0 Å². The summed E-state index contributed by atoms with van der Waals surface area (Å²) in [6.07, 6.45) is 0. The highest BCUT2D eigenvalue weighted by atomic mass is 79.9. The molecule has 0 aliphatic carbocycles. The van der Waals surface area contributed by atoms with Crippen LogP contribution in [0.3, 0.4) is 0 Å². The van der Waals surface area contributed by atoms with E-state index < -0.39 is 4.92 Å². The molecule has 0 aliphatic heterocycles. The van der Waals surface area contributed by atoms with Crippen molar-refractivity contribution in [3.05, 3.63) is 38.4 Å². The van der Waals surface area contributed by atoms with E-state index in [0.29, 0.717) is 15.9 Å². The average Bonchev–Trinajstić information content (AvgIpc) is 2.04. The fraction of sp³-hybridized carbons (Fsp3) is 0.250. The number of alkyl halides is 1. The van der Waals surface area contributed by atoms with Crippen molar-refractivity contribution >= 4 is 33.2 Å². The van der Waals surface area contributed by atoms with E-state index in [0.717, 1.165) is 5.56 Å². The molecule has 70 valence electrons. The summed E-state index contributed by atoms with van der Waals surface area (Å²) in [6, 6.07) is 2.97. The Morgan fingerprint density at radius 2 is 2.23 bits per heavy atom. The lowest BCUT2D eigenvalue weighted by molar-refractivity contribution is -0.385. The van der Waals surface area contributed by atoms with Gasteiger partial charge in [0.05, 0.1) is 4.92 Å². The molecular formula is C8H7BrClNO2. The quantitative estimate of drug-likeness (QED) is 0.466. The molecule has 0 amide bonds. The van der Waals surface area contributed by atoms with Crippen LogP contribution >= 0.6 is 27.5 Å². The molecule has 0 atom stereocenters. The smallest absolute Gasteiger partial charge is 0.258 e. The van der Waals surface area contributed by atoms with Crippen molar-refractivity contribution in [2.24, 2.45) is 0 Å². The van der Waals surface area contributed by atoms with Gasteiger partial charge in [-0.05, 0) is 18.6 Å². The number of nitro benzene ring substituents is 1. The minimum Gasteiger partial charge on any atom is -0.258 e. The number of nitrogens with zero attached hydrogens (tertiary/aromatic N) is 1. The summed E-state index contributed by atoms with van der Waals surface area (Å²) >= 11 is 9.09. The molecule has 0 radical (unpaired) electrons. The number of halogens is 2. The summed E-state index contributed by atoms with van der Waals surface area (Å²) in [5, 5.41) is 11.6. The molecule has 3 nitrogen and oxygen atoms in total. The summed E-state index contributed by atoms with van der Waals surface area (Å²) in [6.45, 7) is 1.70. The molecular weight excluding hydrogens is 257 g/mol. The van der Waals surface area contributed by atoms with E-state index in [1.807, 2.05) is 0 Å². The number of nitro groups is 1. The zero-order chi connectivity index (χ0) is 10.0. The van der Waals surface area contributed by atoms with E-state index in [-0.39, 0.29) is 5.69 Å². The second-order valence-corrected chi connectivity index (χ2v) is 3.53. The van der Waals surface area contributed by atoms with Crippen LogP contribution in [0.1, 0.15) is 11.1 Å². The second-order valence-electron chi connectivity index (χ2n) is 2.56. The zero-order valence-electron chi connectivity index (χ0n) is 6.88. The van der Waals surface area contributed by atoms with Crippen molar-refractivity contribution in [2.75, 3.05) is 0 Å². The molecule has 1 aromatic rings. The SMILES string of the molecule is Cc1c([N+](=O)[O-])ccc(Cl)c1CBr. The van der Waals surface area contributed by atoms with Gasteiger partial charge in [0.1, 0.15) is 0 Å². The predicted octanol–water partition coefficient (Wildman–Crippen LogP) is 3.45. The third-order valence-electron chi connectivity index (χ3n) is 1.84. The molecule has 13 heavy (non-hydrogen) atoms. The topological polar surface area (TPSA) is 43.1 Å². The van der Waals surface area contributed by atoms with Crippen molar-refractivity contribution in [2.45, 2.75) is 12.3 Å². The first-order valence-corrected chi connectivity index (χ1v) is 5.06. The lowest BCUT2D eigenvalue weighted by atomic mass is 10.1. The average molecular weight is 265 g/mol. The summed E-state index contributed by atoms with van der Waals surface area (Å²) in [5.74, 6) is 0. The van der Waals surface area contributed by atoms with Crippen LogP contribution in [-0.4, -0.2) is 4.92 Å². The van der Waals surface area contributed by atoms with Gasteiger partial charge >= 0.3 is 0 Å². The third-order valence-corrected chi connectivity index (χ3v) is 2.76. The molecule has 0 saturated heterocycles. The lowest BCUT2D eigenvalue weighted by Gasteiger charge is -2.04. The van der Waals surface area contributed by atoms with Gasteiger partial charge in [-0.2, -0.15) is 0 Å². The Labute approximate surface area is 89.0 Å². The molecule has 0 saturated carbocycles. The van der Waals surface area contributed by atoms with E-state index in [4.69, 9.17) is 11.6 Å². The third kappa shape index (κ3) is 2.00. The Morgan fingerprint density at radius 3 is 2.69 bits per heavy atom. The lowest BCUT2D eigenvalue weighted by Crippen LogP contribution is -1.95. The number of hydrogen-bond donors (Lipinski definition) is 0. The van der Waals surface area contributed by atoms with Gasteiger partial charge in [-0.1, -0.05) is 27.5 Å². The maximum Gasteiger partial charge on any atom is 0.272 e. The standard InChI is InChI=1S/C8H7BrClNO2/c1-5-6(4-9)7(10)2-3-8(5)11(12)13/h2-3H,4H2,1H3. The van der Waals surface area contributed by atoms with Crippen LogP contribution in [0.2, 0.25) is 5.02 Å². The molecule has 0 bridgehead atoms. The highest BCUT2D eigenvalue weighted by Gasteiger charge is 2.15. The van der Waals surface area contributed by atoms with Crippen LogP contribution in [0.5, 0.6) is 0 Å². The van der Waals surface area contributed by atoms with E-state index in [1.165, 1.54) is 6.07 Å². The first kappa shape index (κ1) is 10.5. The first-order valence-electron chi connectivity index (χ1n) is 3.56. The Bertz CT molecular complexity index is 354. The number of hydrogen-bond acceptors (Lipinski definition) is 2. The van der Waals surface area contributed by atoms with Gasteiger partial charge in [0.25, 0.3) is 5.69 Å². The summed E-state index contributed by atoms with van der Waals surface area (Å²) in [7, 11) is 0. The van der Waals surface area contributed by atoms with E-state index in [2.05, 4.69) is 15.9 Å². The molecule has 5 heteroatoms. The Hall–Kier alpha value is -0.610. The molecule has 0 unspecified atom stereocenters. The molecule has 0 aliphatic rings. The molecule has 1 aromatic carbocycles. The fourth-order valence-corrected chi connectivity index (χ4v) is 2.23. The Kier molecular flexibility index (Phi) is 3.27. The van der Waals surface area contributed by atoms with Gasteiger partial charge in [-0.25, -0.2) is 0 Å². The van der Waals surface area contributed by atoms with Crippen molar-refractivity contribution < 1.29 is 4.92 Å². The zero-order valence-corrected chi connectivity index (χ0v) is 9.22. The van der Waals surface area contributed by atoms with Gasteiger partial charge in [-0.3, -0.25) is 10.1 Å². The van der Waals surface area contributed by atoms with Crippen LogP contribution in [-0.2, 0) is 5.33 Å². The molecule has 0 fully saturated rings. The minimum absolute atomic E-state index is 0.110. The summed E-state index contributed by atoms with van der Waals surface area (Å²) < 4.78 is 0. The molecule has 0 heterocycles. The summed E-state index contributed by atoms with van der Waals surface area (Å²) in [5.41, 5.74) is 1.50. The van der Waals surface area contributed by atoms with Crippen molar-refractivity contribution in [3.8, 4) is 0 Å². The number of benzene rings is 1. The maximum absolute atomic E-state index is 10.5. The van der Waals surface area contributed by atoms with Crippen LogP contribution in [0.15, 0.2) is 12.1 Å². The van der Waals surface area contributed by atoms with Crippen LogP contribution in [0.4, 0.5) is 5.69 Å². The fourth-order valence-electron chi connectivity index (χ4n) is 1.07.